The van der Waals surface area contributed by atoms with Gasteiger partial charge in [-0.25, -0.2) is 13.2 Å². The standard InChI is InChI=1S/C24H24N2O5S/c1-4-31-24(28)19-14-10-15-21(17(19)2)25-23(27)20-13-8-9-16-22(20)26(3)32(29,30)18-11-6-5-7-12-18/h5-16H,4H2,1-3H3,(H,25,27). The van der Waals surface area contributed by atoms with Crippen LogP contribution in [0.1, 0.15) is 33.2 Å². The predicted octanol–water partition coefficient (Wildman–Crippen LogP) is 4.25. The monoisotopic (exact) mass is 452 g/mol. The smallest absolute Gasteiger partial charge is 0.338 e. The van der Waals surface area contributed by atoms with Crippen molar-refractivity contribution in [3.05, 3.63) is 89.5 Å². The third-order valence-electron chi connectivity index (χ3n) is 4.97. The number of anilines is 2. The molecule has 0 aliphatic rings. The Morgan fingerprint density at radius 1 is 0.906 bits per heavy atom. The molecule has 0 saturated carbocycles. The number of ether oxygens (including phenoxy) is 1. The maximum absolute atomic E-state index is 13.1. The summed E-state index contributed by atoms with van der Waals surface area (Å²) in [7, 11) is -2.46. The van der Waals surface area contributed by atoms with Crippen LogP contribution in [0.3, 0.4) is 0 Å². The molecule has 7 nitrogen and oxygen atoms in total. The van der Waals surface area contributed by atoms with Gasteiger partial charge in [0.25, 0.3) is 15.9 Å². The van der Waals surface area contributed by atoms with Crippen LogP contribution in [-0.2, 0) is 14.8 Å². The number of hydrogen-bond acceptors (Lipinski definition) is 5. The van der Waals surface area contributed by atoms with E-state index in [0.717, 1.165) is 4.31 Å². The Morgan fingerprint density at radius 3 is 2.22 bits per heavy atom. The molecule has 1 amide bonds. The van der Waals surface area contributed by atoms with E-state index in [-0.39, 0.29) is 22.8 Å². The van der Waals surface area contributed by atoms with E-state index in [0.29, 0.717) is 16.8 Å². The van der Waals surface area contributed by atoms with E-state index >= 15 is 0 Å². The maximum Gasteiger partial charge on any atom is 0.338 e. The molecule has 1 N–H and O–H groups in total. The Labute approximate surface area is 187 Å². The third kappa shape index (κ3) is 4.65. The number of nitrogens with zero attached hydrogens (tertiary/aromatic N) is 1. The van der Waals surface area contributed by atoms with Gasteiger partial charge in [-0.15, -0.1) is 0 Å². The van der Waals surface area contributed by atoms with Crippen molar-refractivity contribution in [3.8, 4) is 0 Å². The fraction of sp³-hybridized carbons (Fsp3) is 0.167. The molecule has 0 atom stereocenters. The number of para-hydroxylation sites is 1. The van der Waals surface area contributed by atoms with Crippen LogP contribution >= 0.6 is 0 Å². The second-order valence-corrected chi connectivity index (χ2v) is 8.92. The molecule has 0 bridgehead atoms. The molecule has 0 aliphatic heterocycles. The van der Waals surface area contributed by atoms with Crippen molar-refractivity contribution in [2.75, 3.05) is 23.3 Å². The van der Waals surface area contributed by atoms with Crippen molar-refractivity contribution in [2.45, 2.75) is 18.7 Å². The first-order valence-corrected chi connectivity index (χ1v) is 11.4. The molecule has 0 heterocycles. The van der Waals surface area contributed by atoms with E-state index < -0.39 is 21.9 Å². The number of carbonyl (C=O) groups is 2. The summed E-state index contributed by atoms with van der Waals surface area (Å²) in [6, 6.07) is 19.4. The van der Waals surface area contributed by atoms with Gasteiger partial charge >= 0.3 is 5.97 Å². The van der Waals surface area contributed by atoms with E-state index in [1.54, 1.807) is 74.5 Å². The van der Waals surface area contributed by atoms with E-state index in [2.05, 4.69) is 5.32 Å². The Balaban J connectivity index is 1.94. The summed E-state index contributed by atoms with van der Waals surface area (Å²) in [5.74, 6) is -0.977. The molecule has 8 heteroatoms. The number of benzene rings is 3. The number of esters is 1. The van der Waals surface area contributed by atoms with Gasteiger partial charge in [0.15, 0.2) is 0 Å². The summed E-state index contributed by atoms with van der Waals surface area (Å²) in [4.78, 5) is 25.4. The fourth-order valence-corrected chi connectivity index (χ4v) is 4.45. The molecular formula is C24H24N2O5S. The summed E-state index contributed by atoms with van der Waals surface area (Å²) < 4.78 is 32.2. The second-order valence-electron chi connectivity index (χ2n) is 6.96. The molecular weight excluding hydrogens is 428 g/mol. The SMILES string of the molecule is CCOC(=O)c1cccc(NC(=O)c2ccccc2N(C)S(=O)(=O)c2ccccc2)c1C. The summed E-state index contributed by atoms with van der Waals surface area (Å²) in [6.45, 7) is 3.67. The Kier molecular flexibility index (Phi) is 6.95. The molecule has 3 rings (SSSR count). The highest BCUT2D eigenvalue weighted by Crippen LogP contribution is 2.27. The molecule has 0 saturated heterocycles. The van der Waals surface area contributed by atoms with Gasteiger partial charge < -0.3 is 10.1 Å². The molecule has 3 aromatic rings. The molecule has 166 valence electrons. The van der Waals surface area contributed by atoms with Crippen molar-refractivity contribution in [3.63, 3.8) is 0 Å². The third-order valence-corrected chi connectivity index (χ3v) is 6.75. The van der Waals surface area contributed by atoms with Crippen molar-refractivity contribution >= 4 is 33.3 Å². The minimum atomic E-state index is -3.86. The number of carbonyl (C=O) groups excluding carboxylic acids is 2. The molecule has 0 aromatic heterocycles. The highest BCUT2D eigenvalue weighted by atomic mass is 32.2. The molecule has 0 radical (unpaired) electrons. The number of amides is 1. The lowest BCUT2D eigenvalue weighted by molar-refractivity contribution is 0.0525. The lowest BCUT2D eigenvalue weighted by atomic mass is 10.1. The zero-order chi connectivity index (χ0) is 23.3. The van der Waals surface area contributed by atoms with Gasteiger partial charge in [0.2, 0.25) is 0 Å². The van der Waals surface area contributed by atoms with E-state index in [9.17, 15) is 18.0 Å². The van der Waals surface area contributed by atoms with E-state index in [4.69, 9.17) is 4.74 Å². The largest absolute Gasteiger partial charge is 0.462 e. The van der Waals surface area contributed by atoms with E-state index in [1.807, 2.05) is 0 Å². The summed E-state index contributed by atoms with van der Waals surface area (Å²) in [5, 5.41) is 2.78. The number of sulfonamides is 1. The van der Waals surface area contributed by atoms with Gasteiger partial charge in [-0.05, 0) is 55.8 Å². The van der Waals surface area contributed by atoms with Gasteiger partial charge in [-0.3, -0.25) is 9.10 Å². The Hall–Kier alpha value is -3.65. The Morgan fingerprint density at radius 2 is 1.53 bits per heavy atom. The maximum atomic E-state index is 13.1. The molecule has 3 aromatic carbocycles. The van der Waals surface area contributed by atoms with Crippen LogP contribution in [0.25, 0.3) is 0 Å². The fourth-order valence-electron chi connectivity index (χ4n) is 3.21. The van der Waals surface area contributed by atoms with Gasteiger partial charge in [-0.1, -0.05) is 36.4 Å². The van der Waals surface area contributed by atoms with Crippen LogP contribution in [0.5, 0.6) is 0 Å². The molecule has 0 spiro atoms. The van der Waals surface area contributed by atoms with Crippen LogP contribution in [0.2, 0.25) is 0 Å². The van der Waals surface area contributed by atoms with Crippen molar-refractivity contribution in [1.82, 2.24) is 0 Å². The molecule has 32 heavy (non-hydrogen) atoms. The van der Waals surface area contributed by atoms with Crippen LogP contribution in [0, 0.1) is 6.92 Å². The summed E-state index contributed by atoms with van der Waals surface area (Å²) >= 11 is 0. The molecule has 0 unspecified atom stereocenters. The molecule has 0 aliphatic carbocycles. The topological polar surface area (TPSA) is 92.8 Å². The van der Waals surface area contributed by atoms with Gasteiger partial charge in [0.1, 0.15) is 0 Å². The number of hydrogen-bond donors (Lipinski definition) is 1. The normalized spacial score (nSPS) is 11.0. The predicted molar refractivity (Wildman–Crippen MR) is 124 cm³/mol. The first-order chi connectivity index (χ1) is 15.3. The first kappa shape index (κ1) is 23.0. The lowest BCUT2D eigenvalue weighted by Crippen LogP contribution is -2.29. The highest BCUT2D eigenvalue weighted by molar-refractivity contribution is 7.92. The number of nitrogens with one attached hydrogen (secondary N) is 1. The first-order valence-electron chi connectivity index (χ1n) is 9.98. The van der Waals surface area contributed by atoms with Crippen LogP contribution in [-0.4, -0.2) is 33.9 Å². The minimum Gasteiger partial charge on any atom is -0.462 e. The molecule has 0 fully saturated rings. The van der Waals surface area contributed by atoms with Crippen molar-refractivity contribution in [2.24, 2.45) is 0 Å². The average Bonchev–Trinajstić information content (AvgIpc) is 2.80. The Bertz CT molecular complexity index is 1240. The minimum absolute atomic E-state index is 0.121. The average molecular weight is 453 g/mol. The number of rotatable bonds is 7. The van der Waals surface area contributed by atoms with E-state index in [1.165, 1.54) is 19.2 Å². The van der Waals surface area contributed by atoms with Gasteiger partial charge in [0.05, 0.1) is 28.3 Å². The van der Waals surface area contributed by atoms with Crippen LogP contribution in [0.15, 0.2) is 77.7 Å². The van der Waals surface area contributed by atoms with Gasteiger partial charge in [0, 0.05) is 12.7 Å². The second kappa shape index (κ2) is 9.65. The zero-order valence-electron chi connectivity index (χ0n) is 18.0. The highest BCUT2D eigenvalue weighted by Gasteiger charge is 2.25. The van der Waals surface area contributed by atoms with Crippen LogP contribution in [0.4, 0.5) is 11.4 Å². The summed E-state index contributed by atoms with van der Waals surface area (Å²) in [5.41, 5.74) is 1.75. The lowest BCUT2D eigenvalue weighted by Gasteiger charge is -2.22. The van der Waals surface area contributed by atoms with Crippen molar-refractivity contribution in [1.29, 1.82) is 0 Å². The quantitative estimate of drug-likeness (QED) is 0.541. The van der Waals surface area contributed by atoms with Crippen LogP contribution < -0.4 is 9.62 Å². The summed E-state index contributed by atoms with van der Waals surface area (Å²) in [6.07, 6.45) is 0. The van der Waals surface area contributed by atoms with Crippen molar-refractivity contribution < 1.29 is 22.7 Å². The van der Waals surface area contributed by atoms with Gasteiger partial charge in [-0.2, -0.15) is 0 Å². The zero-order valence-corrected chi connectivity index (χ0v) is 18.8.